The van der Waals surface area contributed by atoms with E-state index in [1.807, 2.05) is 69.0 Å². The van der Waals surface area contributed by atoms with Crippen LogP contribution in [0.25, 0.3) is 0 Å². The number of carbonyl (C=O) groups excluding carboxylic acids is 2. The number of hydrogen-bond acceptors (Lipinski definition) is 4. The molecule has 0 unspecified atom stereocenters. The largest absolute Gasteiger partial charge is 0.444 e. The second-order valence-electron chi connectivity index (χ2n) is 8.09. The first-order valence-electron chi connectivity index (χ1n) is 9.50. The van der Waals surface area contributed by atoms with Gasteiger partial charge in [-0.15, -0.1) is 0 Å². The molecule has 1 aliphatic heterocycles. The lowest BCUT2D eigenvalue weighted by Crippen LogP contribution is -2.53. The molecule has 148 valence electrons. The average molecular weight is 381 g/mol. The average Bonchev–Trinajstić information content (AvgIpc) is 2.67. The van der Waals surface area contributed by atoms with Crippen molar-refractivity contribution in [3.05, 3.63) is 65.5 Å². The molecule has 0 N–H and O–H groups in total. The molecule has 1 fully saturated rings. The number of aryl methyl sites for hydroxylation is 1. The Bertz CT molecular complexity index is 828. The van der Waals surface area contributed by atoms with Gasteiger partial charge < -0.3 is 14.5 Å². The van der Waals surface area contributed by atoms with Gasteiger partial charge in [0.2, 0.25) is 0 Å². The predicted octanol–water partition coefficient (Wildman–Crippen LogP) is 3.82. The maximum Gasteiger partial charge on any atom is 0.410 e. The van der Waals surface area contributed by atoms with Crippen molar-refractivity contribution in [1.82, 2.24) is 14.8 Å². The molecule has 1 aromatic heterocycles. The van der Waals surface area contributed by atoms with E-state index in [1.165, 1.54) is 0 Å². The van der Waals surface area contributed by atoms with Crippen LogP contribution in [0.2, 0.25) is 0 Å². The molecule has 0 spiro atoms. The minimum absolute atomic E-state index is 0.0438. The molecule has 1 atom stereocenters. The molecule has 6 nitrogen and oxygen atoms in total. The number of rotatable bonds is 2. The minimum Gasteiger partial charge on any atom is -0.444 e. The molecule has 6 heteroatoms. The van der Waals surface area contributed by atoms with E-state index in [4.69, 9.17) is 4.74 Å². The number of aromatic nitrogens is 1. The smallest absolute Gasteiger partial charge is 0.410 e. The van der Waals surface area contributed by atoms with Gasteiger partial charge in [0.25, 0.3) is 5.91 Å². The fraction of sp³-hybridized carbons (Fsp3) is 0.409. The molecular weight excluding hydrogens is 354 g/mol. The highest BCUT2D eigenvalue weighted by molar-refractivity contribution is 5.94. The number of pyridine rings is 1. The zero-order valence-electron chi connectivity index (χ0n) is 16.9. The molecule has 2 amide bonds. The highest BCUT2D eigenvalue weighted by Crippen LogP contribution is 2.28. The van der Waals surface area contributed by atoms with E-state index >= 15 is 0 Å². The summed E-state index contributed by atoms with van der Waals surface area (Å²) in [7, 11) is 0. The molecule has 1 saturated heterocycles. The molecule has 2 heterocycles. The third kappa shape index (κ3) is 4.68. The fourth-order valence-corrected chi connectivity index (χ4v) is 3.24. The summed E-state index contributed by atoms with van der Waals surface area (Å²) in [5, 5.41) is 0. The number of piperazine rings is 1. The molecule has 0 radical (unpaired) electrons. The Labute approximate surface area is 166 Å². The van der Waals surface area contributed by atoms with Crippen molar-refractivity contribution < 1.29 is 14.3 Å². The van der Waals surface area contributed by atoms with Gasteiger partial charge in [-0.1, -0.05) is 23.8 Å². The van der Waals surface area contributed by atoms with Crippen molar-refractivity contribution in [2.75, 3.05) is 19.6 Å². The summed E-state index contributed by atoms with van der Waals surface area (Å²) in [4.78, 5) is 33.4. The van der Waals surface area contributed by atoms with Crippen LogP contribution in [-0.4, -0.2) is 52.0 Å². The summed E-state index contributed by atoms with van der Waals surface area (Å²) in [5.74, 6) is -0.0438. The molecule has 0 aliphatic carbocycles. The van der Waals surface area contributed by atoms with Crippen LogP contribution < -0.4 is 0 Å². The van der Waals surface area contributed by atoms with Crippen LogP contribution in [0, 0.1) is 6.92 Å². The number of ether oxygens (including phenoxy) is 1. The maximum absolute atomic E-state index is 13.2. The molecule has 28 heavy (non-hydrogen) atoms. The number of carbonyl (C=O) groups is 2. The van der Waals surface area contributed by atoms with Gasteiger partial charge in [0, 0.05) is 37.6 Å². The van der Waals surface area contributed by atoms with Gasteiger partial charge in [-0.3, -0.25) is 9.78 Å². The standard InChI is InChI=1S/C22H27N3O3/c1-16-7-9-17(10-8-16)20(26)25-13-12-24(21(27)28-22(2,3)4)15-19(25)18-6-5-11-23-14-18/h5-11,14,19H,12-13,15H2,1-4H3/t19-/m0/s1. The first kappa shape index (κ1) is 19.9. The van der Waals surface area contributed by atoms with Gasteiger partial charge in [0.15, 0.2) is 0 Å². The van der Waals surface area contributed by atoms with E-state index in [1.54, 1.807) is 17.3 Å². The lowest BCUT2D eigenvalue weighted by Gasteiger charge is -2.41. The summed E-state index contributed by atoms with van der Waals surface area (Å²) < 4.78 is 5.52. The fourth-order valence-electron chi connectivity index (χ4n) is 3.24. The quantitative estimate of drug-likeness (QED) is 0.793. The highest BCUT2D eigenvalue weighted by atomic mass is 16.6. The van der Waals surface area contributed by atoms with E-state index < -0.39 is 5.60 Å². The Kier molecular flexibility index (Phi) is 5.68. The van der Waals surface area contributed by atoms with E-state index in [9.17, 15) is 9.59 Å². The third-order valence-electron chi connectivity index (χ3n) is 4.66. The number of nitrogens with zero attached hydrogens (tertiary/aromatic N) is 3. The van der Waals surface area contributed by atoms with Crippen LogP contribution in [-0.2, 0) is 4.74 Å². The number of amides is 2. The third-order valence-corrected chi connectivity index (χ3v) is 4.66. The first-order chi connectivity index (χ1) is 13.2. The van der Waals surface area contributed by atoms with Gasteiger partial charge in [-0.25, -0.2) is 4.79 Å². The Morgan fingerprint density at radius 2 is 1.82 bits per heavy atom. The molecule has 3 rings (SSSR count). The summed E-state index contributed by atoms with van der Waals surface area (Å²) in [6.45, 7) is 8.78. The Hall–Kier alpha value is -2.89. The van der Waals surface area contributed by atoms with Crippen molar-refractivity contribution in [3.63, 3.8) is 0 Å². The van der Waals surface area contributed by atoms with Gasteiger partial charge in [-0.2, -0.15) is 0 Å². The highest BCUT2D eigenvalue weighted by Gasteiger charge is 2.35. The Morgan fingerprint density at radius 1 is 1.11 bits per heavy atom. The van der Waals surface area contributed by atoms with Gasteiger partial charge in [-0.05, 0) is 51.5 Å². The molecule has 2 aromatic rings. The second-order valence-corrected chi connectivity index (χ2v) is 8.09. The minimum atomic E-state index is -0.560. The molecular formula is C22H27N3O3. The van der Waals surface area contributed by atoms with Crippen molar-refractivity contribution in [2.24, 2.45) is 0 Å². The van der Waals surface area contributed by atoms with Crippen molar-refractivity contribution in [1.29, 1.82) is 0 Å². The maximum atomic E-state index is 13.2. The molecule has 0 bridgehead atoms. The first-order valence-corrected chi connectivity index (χ1v) is 9.50. The molecule has 1 aromatic carbocycles. The van der Waals surface area contributed by atoms with Crippen molar-refractivity contribution in [2.45, 2.75) is 39.3 Å². The van der Waals surface area contributed by atoms with E-state index in [0.29, 0.717) is 25.2 Å². The van der Waals surface area contributed by atoms with Crippen LogP contribution in [0.4, 0.5) is 4.79 Å². The number of hydrogen-bond donors (Lipinski definition) is 0. The van der Waals surface area contributed by atoms with E-state index in [2.05, 4.69) is 4.98 Å². The zero-order chi connectivity index (χ0) is 20.3. The van der Waals surface area contributed by atoms with Gasteiger partial charge >= 0.3 is 6.09 Å². The predicted molar refractivity (Wildman–Crippen MR) is 107 cm³/mol. The normalized spacial score (nSPS) is 17.4. The lowest BCUT2D eigenvalue weighted by atomic mass is 10.0. The summed E-state index contributed by atoms with van der Waals surface area (Å²) in [6, 6.07) is 11.1. The van der Waals surface area contributed by atoms with Crippen LogP contribution in [0.1, 0.15) is 48.3 Å². The summed E-state index contributed by atoms with van der Waals surface area (Å²) in [5.41, 5.74) is 2.09. The summed E-state index contributed by atoms with van der Waals surface area (Å²) in [6.07, 6.45) is 3.09. The molecule has 0 saturated carbocycles. The van der Waals surface area contributed by atoms with Crippen LogP contribution >= 0.6 is 0 Å². The van der Waals surface area contributed by atoms with Crippen LogP contribution in [0.15, 0.2) is 48.8 Å². The van der Waals surface area contributed by atoms with E-state index in [-0.39, 0.29) is 18.0 Å². The topological polar surface area (TPSA) is 62.7 Å². The van der Waals surface area contributed by atoms with E-state index in [0.717, 1.165) is 11.1 Å². The zero-order valence-corrected chi connectivity index (χ0v) is 16.9. The second kappa shape index (κ2) is 8.00. The van der Waals surface area contributed by atoms with Crippen molar-refractivity contribution >= 4 is 12.0 Å². The molecule has 1 aliphatic rings. The van der Waals surface area contributed by atoms with Crippen LogP contribution in [0.3, 0.4) is 0 Å². The van der Waals surface area contributed by atoms with Gasteiger partial charge in [0.05, 0.1) is 6.04 Å². The van der Waals surface area contributed by atoms with Gasteiger partial charge in [0.1, 0.15) is 5.60 Å². The monoisotopic (exact) mass is 381 g/mol. The summed E-state index contributed by atoms with van der Waals surface area (Å²) >= 11 is 0. The van der Waals surface area contributed by atoms with Crippen molar-refractivity contribution in [3.8, 4) is 0 Å². The Morgan fingerprint density at radius 3 is 2.43 bits per heavy atom. The lowest BCUT2D eigenvalue weighted by molar-refractivity contribution is 0.00405. The Balaban J connectivity index is 1.85. The SMILES string of the molecule is Cc1ccc(C(=O)N2CCN(C(=O)OC(C)(C)C)C[C@H]2c2cccnc2)cc1. The number of benzene rings is 1. The van der Waals surface area contributed by atoms with Crippen LogP contribution in [0.5, 0.6) is 0 Å².